The van der Waals surface area contributed by atoms with E-state index in [0.29, 0.717) is 40.6 Å². The Morgan fingerprint density at radius 1 is 1.08 bits per heavy atom. The summed E-state index contributed by atoms with van der Waals surface area (Å²) in [4.78, 5) is 27.3. The van der Waals surface area contributed by atoms with Crippen molar-refractivity contribution < 1.29 is 27.5 Å². The lowest BCUT2D eigenvalue weighted by atomic mass is 9.97. The van der Waals surface area contributed by atoms with E-state index in [1.54, 1.807) is 54.6 Å². The lowest BCUT2D eigenvalue weighted by molar-refractivity contribution is -0.137. The Labute approximate surface area is 221 Å². The van der Waals surface area contributed by atoms with Crippen LogP contribution in [0.2, 0.25) is 5.02 Å². The number of primary amides is 1. The quantitative estimate of drug-likeness (QED) is 0.323. The summed E-state index contributed by atoms with van der Waals surface area (Å²) in [5.41, 5.74) is 5.57. The van der Waals surface area contributed by atoms with Crippen molar-refractivity contribution in [2.24, 2.45) is 11.7 Å². The van der Waals surface area contributed by atoms with Crippen molar-refractivity contribution in [3.63, 3.8) is 0 Å². The minimum atomic E-state index is -4.54. The SMILES string of the molecule is CCCC(C(N)=O)C1SC(c2cccc(C(F)(F)F)c2)N(c2ccc(Oc3ccc(Cl)cc3)cc2)C1=O. The molecule has 0 aromatic heterocycles. The fourth-order valence-corrected chi connectivity index (χ4v) is 5.95. The summed E-state index contributed by atoms with van der Waals surface area (Å²) in [5, 5.41) is -1.02. The van der Waals surface area contributed by atoms with Gasteiger partial charge in [-0.05, 0) is 72.6 Å². The first-order valence-corrected chi connectivity index (χ1v) is 12.9. The lowest BCUT2D eigenvalue weighted by Crippen LogP contribution is -2.39. The van der Waals surface area contributed by atoms with E-state index in [4.69, 9.17) is 22.1 Å². The number of ether oxygens (including phenoxy) is 1. The number of halogens is 4. The van der Waals surface area contributed by atoms with Gasteiger partial charge in [-0.25, -0.2) is 0 Å². The summed E-state index contributed by atoms with van der Waals surface area (Å²) in [6, 6.07) is 18.3. The maximum absolute atomic E-state index is 13.6. The van der Waals surface area contributed by atoms with Crippen LogP contribution in [0.25, 0.3) is 0 Å². The lowest BCUT2D eigenvalue weighted by Gasteiger charge is -2.25. The molecule has 37 heavy (non-hydrogen) atoms. The average Bonchev–Trinajstić information content (AvgIpc) is 3.20. The van der Waals surface area contributed by atoms with Crippen LogP contribution >= 0.6 is 23.4 Å². The zero-order chi connectivity index (χ0) is 26.7. The van der Waals surface area contributed by atoms with Crippen molar-refractivity contribution in [2.45, 2.75) is 36.6 Å². The summed E-state index contributed by atoms with van der Waals surface area (Å²) < 4.78 is 46.1. The fourth-order valence-electron chi connectivity index (χ4n) is 4.20. The van der Waals surface area contributed by atoms with Crippen molar-refractivity contribution in [1.29, 1.82) is 0 Å². The predicted octanol–water partition coefficient (Wildman–Crippen LogP) is 7.20. The first kappa shape index (κ1) is 26.9. The maximum atomic E-state index is 13.6. The molecule has 5 nitrogen and oxygen atoms in total. The zero-order valence-corrected chi connectivity index (χ0v) is 21.3. The monoisotopic (exact) mass is 548 g/mol. The van der Waals surface area contributed by atoms with Gasteiger partial charge >= 0.3 is 6.18 Å². The molecule has 1 fully saturated rings. The van der Waals surface area contributed by atoms with E-state index in [-0.39, 0.29) is 5.91 Å². The minimum absolute atomic E-state index is 0.303. The molecule has 2 amide bonds. The number of nitrogens with two attached hydrogens (primary N) is 1. The molecule has 0 bridgehead atoms. The molecule has 1 saturated heterocycles. The molecule has 3 aromatic carbocycles. The highest BCUT2D eigenvalue weighted by Crippen LogP contribution is 2.49. The molecule has 0 saturated carbocycles. The molecule has 2 N–H and O–H groups in total. The second-order valence-corrected chi connectivity index (χ2v) is 10.3. The van der Waals surface area contributed by atoms with Crippen LogP contribution < -0.4 is 15.4 Å². The van der Waals surface area contributed by atoms with Crippen molar-refractivity contribution in [1.82, 2.24) is 0 Å². The second kappa shape index (κ2) is 11.1. The number of anilines is 1. The molecule has 4 rings (SSSR count). The Morgan fingerprint density at radius 2 is 1.70 bits per heavy atom. The van der Waals surface area contributed by atoms with E-state index in [9.17, 15) is 22.8 Å². The van der Waals surface area contributed by atoms with Crippen LogP contribution in [0.4, 0.5) is 18.9 Å². The number of carbonyl (C=O) groups excluding carboxylic acids is 2. The maximum Gasteiger partial charge on any atom is 0.416 e. The van der Waals surface area contributed by atoms with Gasteiger partial charge in [0.1, 0.15) is 16.9 Å². The van der Waals surface area contributed by atoms with E-state index >= 15 is 0 Å². The molecule has 0 aliphatic carbocycles. The number of thioether (sulfide) groups is 1. The van der Waals surface area contributed by atoms with Gasteiger partial charge in [0.2, 0.25) is 11.8 Å². The third kappa shape index (κ3) is 6.05. The molecule has 1 heterocycles. The number of nitrogens with zero attached hydrogens (tertiary/aromatic N) is 1. The van der Waals surface area contributed by atoms with Gasteiger partial charge in [0.15, 0.2) is 0 Å². The fraction of sp³-hybridized carbons (Fsp3) is 0.259. The topological polar surface area (TPSA) is 72.6 Å². The van der Waals surface area contributed by atoms with E-state index in [0.717, 1.165) is 23.9 Å². The van der Waals surface area contributed by atoms with Crippen LogP contribution in [0, 0.1) is 5.92 Å². The van der Waals surface area contributed by atoms with Gasteiger partial charge in [0.05, 0.1) is 16.7 Å². The van der Waals surface area contributed by atoms with E-state index in [1.807, 2.05) is 6.92 Å². The second-order valence-electron chi connectivity index (χ2n) is 8.59. The Balaban J connectivity index is 1.69. The van der Waals surface area contributed by atoms with Crippen LogP contribution in [0.3, 0.4) is 0 Å². The van der Waals surface area contributed by atoms with Crippen LogP contribution in [0.5, 0.6) is 11.5 Å². The molecular weight excluding hydrogens is 525 g/mol. The smallest absolute Gasteiger partial charge is 0.416 e. The first-order valence-electron chi connectivity index (χ1n) is 11.6. The van der Waals surface area contributed by atoms with Crippen LogP contribution in [0.15, 0.2) is 72.8 Å². The number of amides is 2. The first-order chi connectivity index (χ1) is 17.6. The number of benzene rings is 3. The van der Waals surface area contributed by atoms with E-state index < -0.39 is 34.2 Å². The predicted molar refractivity (Wildman–Crippen MR) is 139 cm³/mol. The number of carbonyl (C=O) groups is 2. The normalized spacial score (nSPS) is 18.6. The molecule has 1 aliphatic rings. The highest BCUT2D eigenvalue weighted by Gasteiger charge is 2.47. The van der Waals surface area contributed by atoms with Gasteiger partial charge in [0.25, 0.3) is 0 Å². The molecular formula is C27H24ClF3N2O3S. The summed E-state index contributed by atoms with van der Waals surface area (Å²) in [6.45, 7) is 1.88. The summed E-state index contributed by atoms with van der Waals surface area (Å²) >= 11 is 7.05. The molecule has 194 valence electrons. The van der Waals surface area contributed by atoms with Gasteiger partial charge < -0.3 is 10.5 Å². The number of rotatable bonds is 8. The van der Waals surface area contributed by atoms with Gasteiger partial charge in [-0.3, -0.25) is 14.5 Å². The largest absolute Gasteiger partial charge is 0.457 e. The molecule has 3 unspecified atom stereocenters. The Morgan fingerprint density at radius 3 is 2.27 bits per heavy atom. The van der Waals surface area contributed by atoms with Gasteiger partial charge in [0, 0.05) is 10.7 Å². The van der Waals surface area contributed by atoms with Gasteiger partial charge in [-0.2, -0.15) is 13.2 Å². The zero-order valence-electron chi connectivity index (χ0n) is 19.7. The number of alkyl halides is 3. The number of hydrogen-bond donors (Lipinski definition) is 1. The van der Waals surface area contributed by atoms with Crippen LogP contribution in [-0.4, -0.2) is 17.1 Å². The number of hydrogen-bond acceptors (Lipinski definition) is 4. The van der Waals surface area contributed by atoms with Gasteiger partial charge in [-0.15, -0.1) is 11.8 Å². The summed E-state index contributed by atoms with van der Waals surface area (Å²) in [6.07, 6.45) is -3.51. The van der Waals surface area contributed by atoms with Gasteiger partial charge in [-0.1, -0.05) is 37.1 Å². The standard InChI is InChI=1S/C27H24ClF3N2O3S/c1-2-4-22(24(32)34)23-25(35)33(26(37-23)16-5-3-6-17(15-16)27(29,30)31)19-9-13-21(14-10-19)36-20-11-7-18(28)8-12-20/h3,5-15,22-23,26H,2,4H2,1H3,(H2,32,34). The molecule has 0 radical (unpaired) electrons. The van der Waals surface area contributed by atoms with Crippen LogP contribution in [0.1, 0.15) is 36.3 Å². The molecule has 3 atom stereocenters. The molecule has 1 aliphatic heterocycles. The molecule has 10 heteroatoms. The highest BCUT2D eigenvalue weighted by atomic mass is 35.5. The van der Waals surface area contributed by atoms with E-state index in [1.165, 1.54) is 11.0 Å². The Kier molecular flexibility index (Phi) is 8.04. The van der Waals surface area contributed by atoms with Crippen molar-refractivity contribution >= 4 is 40.9 Å². The van der Waals surface area contributed by atoms with E-state index in [2.05, 4.69) is 0 Å². The molecule has 0 spiro atoms. The minimum Gasteiger partial charge on any atom is -0.457 e. The highest BCUT2D eigenvalue weighted by molar-refractivity contribution is 8.01. The summed E-state index contributed by atoms with van der Waals surface area (Å²) in [7, 11) is 0. The Hall–Kier alpha value is -3.17. The Bertz CT molecular complexity index is 1270. The molecule has 3 aromatic rings. The van der Waals surface area contributed by atoms with Crippen molar-refractivity contribution in [3.8, 4) is 11.5 Å². The third-order valence-corrected chi connectivity index (χ3v) is 7.80. The van der Waals surface area contributed by atoms with Crippen molar-refractivity contribution in [3.05, 3.63) is 88.9 Å². The van der Waals surface area contributed by atoms with Crippen LogP contribution in [-0.2, 0) is 15.8 Å². The van der Waals surface area contributed by atoms with Crippen molar-refractivity contribution in [2.75, 3.05) is 4.90 Å². The average molecular weight is 549 g/mol. The third-order valence-electron chi connectivity index (χ3n) is 5.98. The summed E-state index contributed by atoms with van der Waals surface area (Å²) in [5.74, 6) is -0.664.